The molecule has 1 aliphatic heterocycles. The predicted molar refractivity (Wildman–Crippen MR) is 121 cm³/mol. The lowest BCUT2D eigenvalue weighted by Gasteiger charge is -2.31. The number of ether oxygens (including phenoxy) is 1. The van der Waals surface area contributed by atoms with E-state index < -0.39 is 42.8 Å². The van der Waals surface area contributed by atoms with Gasteiger partial charge in [0.1, 0.15) is 11.8 Å². The van der Waals surface area contributed by atoms with Crippen LogP contribution in [0.15, 0.2) is 11.8 Å². The molecule has 0 radical (unpaired) electrons. The van der Waals surface area contributed by atoms with Crippen LogP contribution in [0.25, 0.3) is 0 Å². The van der Waals surface area contributed by atoms with E-state index in [2.05, 4.69) is 5.32 Å². The lowest BCUT2D eigenvalue weighted by atomic mass is 9.94. The second kappa shape index (κ2) is 10.7. The van der Waals surface area contributed by atoms with Gasteiger partial charge >= 0.3 is 0 Å². The number of carbonyl (C=O) groups is 3. The van der Waals surface area contributed by atoms with Gasteiger partial charge in [0.2, 0.25) is 5.91 Å². The molecule has 0 saturated carbocycles. The number of hydrogen-bond acceptors (Lipinski definition) is 4. The van der Waals surface area contributed by atoms with Gasteiger partial charge in [0, 0.05) is 11.5 Å². The Morgan fingerprint density at radius 2 is 1.63 bits per heavy atom. The van der Waals surface area contributed by atoms with E-state index in [0.717, 1.165) is 4.90 Å². The fourth-order valence-electron chi connectivity index (χ4n) is 2.71. The molecule has 0 saturated heterocycles. The van der Waals surface area contributed by atoms with Crippen molar-refractivity contribution in [2.75, 3.05) is 7.11 Å². The Balaban J connectivity index is 3.16. The van der Waals surface area contributed by atoms with Gasteiger partial charge in [-0.2, -0.15) is 0 Å². The largest absolute Gasteiger partial charge is 0.499 e. The van der Waals surface area contributed by atoms with Gasteiger partial charge in [-0.3, -0.25) is 19.3 Å². The number of nitrogens with zero attached hydrogens (tertiary/aromatic N) is 1. The minimum absolute atomic E-state index is 0.000421. The van der Waals surface area contributed by atoms with E-state index in [1.807, 2.05) is 0 Å². The van der Waals surface area contributed by atoms with Crippen LogP contribution in [0, 0.1) is 5.41 Å². The molecule has 0 fully saturated rings. The number of amides is 3. The van der Waals surface area contributed by atoms with Crippen LogP contribution in [0.1, 0.15) is 46.5 Å². The van der Waals surface area contributed by atoms with Gasteiger partial charge in [0.25, 0.3) is 11.8 Å². The summed E-state index contributed by atoms with van der Waals surface area (Å²) in [6.07, 6.45) is 1.38. The van der Waals surface area contributed by atoms with Crippen molar-refractivity contribution in [2.45, 2.75) is 66.1 Å². The van der Waals surface area contributed by atoms with Gasteiger partial charge in [0.05, 0.1) is 13.2 Å². The minimum Gasteiger partial charge on any atom is -0.499 e. The first-order valence-electron chi connectivity index (χ1n) is 9.03. The molecule has 0 spiro atoms. The van der Waals surface area contributed by atoms with Crippen molar-refractivity contribution in [1.82, 2.24) is 10.2 Å². The summed E-state index contributed by atoms with van der Waals surface area (Å²) in [4.78, 5) is 39.4. The fraction of sp³-hybridized carbons (Fsp3) is 0.722. The quantitative estimate of drug-likeness (QED) is 0.453. The third kappa shape index (κ3) is 8.79. The van der Waals surface area contributed by atoms with Gasteiger partial charge in [-0.05, 0) is 25.7 Å². The summed E-state index contributed by atoms with van der Waals surface area (Å²) in [5.74, 6) is -1.40. The van der Waals surface area contributed by atoms with Crippen LogP contribution in [0.4, 0.5) is 0 Å². The van der Waals surface area contributed by atoms with Crippen molar-refractivity contribution >= 4 is 87.3 Å². The zero-order chi connectivity index (χ0) is 23.5. The molecule has 1 heterocycles. The van der Waals surface area contributed by atoms with Crippen LogP contribution in [0.2, 0.25) is 0 Å². The molecule has 0 bridgehead atoms. The molecule has 1 aliphatic rings. The highest BCUT2D eigenvalue weighted by Crippen LogP contribution is 2.36. The van der Waals surface area contributed by atoms with Crippen LogP contribution in [-0.4, -0.2) is 49.4 Å². The van der Waals surface area contributed by atoms with Crippen LogP contribution in [0.5, 0.6) is 0 Å². The Bertz CT molecular complexity index is 694. The summed E-state index contributed by atoms with van der Waals surface area (Å²) in [5, 5.41) is 2.65. The Hall–Kier alpha value is -0.110. The number of rotatable bonds is 7. The topological polar surface area (TPSA) is 75.7 Å². The molecule has 0 unspecified atom stereocenters. The Kier molecular flexibility index (Phi) is 9.93. The molecular weight excluding hydrogens is 521 g/mol. The smallest absolute Gasteiger partial charge is 0.257 e. The molecule has 0 aliphatic carbocycles. The van der Waals surface area contributed by atoms with Gasteiger partial charge < -0.3 is 10.1 Å². The highest BCUT2D eigenvalue weighted by Gasteiger charge is 2.43. The van der Waals surface area contributed by atoms with Gasteiger partial charge in [-0.15, -0.1) is 0 Å². The minimum atomic E-state index is -1.63. The number of nitrogens with one attached hydrogen (secondary N) is 1. The molecule has 3 amide bonds. The highest BCUT2D eigenvalue weighted by atomic mass is 35.6. The lowest BCUT2D eigenvalue weighted by molar-refractivity contribution is -0.147. The molecule has 2 atom stereocenters. The monoisotopic (exact) mass is 542 g/mol. The third-order valence-corrected chi connectivity index (χ3v) is 5.45. The maximum Gasteiger partial charge on any atom is 0.257 e. The van der Waals surface area contributed by atoms with E-state index in [9.17, 15) is 14.4 Å². The second-order valence-electron chi connectivity index (χ2n) is 7.90. The highest BCUT2D eigenvalue weighted by molar-refractivity contribution is 6.67. The Morgan fingerprint density at radius 1 is 1.10 bits per heavy atom. The van der Waals surface area contributed by atoms with Crippen molar-refractivity contribution in [3.05, 3.63) is 11.8 Å². The van der Waals surface area contributed by atoms with Crippen LogP contribution < -0.4 is 5.32 Å². The molecule has 0 aromatic rings. The number of halogens is 6. The average Bonchev–Trinajstić information content (AvgIpc) is 2.89. The molecule has 6 nitrogen and oxygen atoms in total. The van der Waals surface area contributed by atoms with Crippen LogP contribution in [0.3, 0.4) is 0 Å². The van der Waals surface area contributed by atoms with Crippen LogP contribution in [-0.2, 0) is 19.1 Å². The van der Waals surface area contributed by atoms with Gasteiger partial charge in [0.15, 0.2) is 7.59 Å². The normalized spacial score (nSPS) is 18.9. The third-order valence-electron chi connectivity index (χ3n) is 4.32. The second-order valence-corrected chi connectivity index (χ2v) is 12.9. The Labute approximate surface area is 206 Å². The van der Waals surface area contributed by atoms with Crippen molar-refractivity contribution < 1.29 is 19.1 Å². The first kappa shape index (κ1) is 27.9. The predicted octanol–water partition coefficient (Wildman–Crippen LogP) is 5.09. The van der Waals surface area contributed by atoms with Gasteiger partial charge in [-0.1, -0.05) is 90.4 Å². The zero-order valence-corrected chi connectivity index (χ0v) is 21.4. The summed E-state index contributed by atoms with van der Waals surface area (Å²) in [6.45, 7) is 5.07. The summed E-state index contributed by atoms with van der Waals surface area (Å²) >= 11 is 35.0. The Morgan fingerprint density at radius 3 is 2.07 bits per heavy atom. The molecule has 0 aromatic heterocycles. The molecule has 172 valence electrons. The molecule has 1 N–H and O–H groups in total. The van der Waals surface area contributed by atoms with E-state index >= 15 is 0 Å². The lowest BCUT2D eigenvalue weighted by Crippen LogP contribution is -2.54. The van der Waals surface area contributed by atoms with Crippen molar-refractivity contribution in [3.63, 3.8) is 0 Å². The maximum absolute atomic E-state index is 13.3. The maximum atomic E-state index is 13.3. The summed E-state index contributed by atoms with van der Waals surface area (Å²) in [7, 11) is 1.37. The molecule has 0 aromatic carbocycles. The number of hydrogen-bond donors (Lipinski definition) is 1. The standard InChI is InChI=1S/C18H24Cl6N2O4/c1-16(2,3)15(29)25-10(5-7-17(19,20)21)14(28)26-11(6-8-18(22,23)24)12(30-4)9-13(26)27/h9-11H,5-8H2,1-4H3,(H,25,29)/t10-,11+/m1/s1. The number of carbonyl (C=O) groups excluding carboxylic acids is 3. The van der Waals surface area contributed by atoms with E-state index in [-0.39, 0.29) is 31.4 Å². The first-order chi connectivity index (χ1) is 13.5. The summed E-state index contributed by atoms with van der Waals surface area (Å²) in [5.41, 5.74) is -0.779. The average molecular weight is 545 g/mol. The molecule has 1 rings (SSSR count). The van der Waals surface area contributed by atoms with E-state index in [1.54, 1.807) is 20.8 Å². The van der Waals surface area contributed by atoms with Crippen molar-refractivity contribution in [1.29, 1.82) is 0 Å². The van der Waals surface area contributed by atoms with E-state index in [4.69, 9.17) is 74.3 Å². The van der Waals surface area contributed by atoms with E-state index in [0.29, 0.717) is 0 Å². The van der Waals surface area contributed by atoms with Crippen LogP contribution >= 0.6 is 69.6 Å². The molecule has 30 heavy (non-hydrogen) atoms. The number of methoxy groups -OCH3 is 1. The molecular formula is C18H24Cl6N2O4. The number of alkyl halides is 6. The van der Waals surface area contributed by atoms with Gasteiger partial charge in [-0.25, -0.2) is 0 Å². The fourth-order valence-corrected chi connectivity index (χ4v) is 3.36. The molecule has 12 heteroatoms. The van der Waals surface area contributed by atoms with Crippen molar-refractivity contribution in [3.8, 4) is 0 Å². The summed E-state index contributed by atoms with van der Waals surface area (Å²) < 4.78 is 2.03. The number of imide groups is 1. The zero-order valence-electron chi connectivity index (χ0n) is 16.9. The SMILES string of the molecule is COC1=CC(=O)N(C(=O)[C@@H](CCC(Cl)(Cl)Cl)NC(=O)C(C)(C)C)[C@H]1CCC(Cl)(Cl)Cl. The van der Waals surface area contributed by atoms with Crippen molar-refractivity contribution in [2.24, 2.45) is 5.41 Å². The summed E-state index contributed by atoms with van der Waals surface area (Å²) in [6, 6.07) is -1.89. The van der Waals surface area contributed by atoms with E-state index in [1.165, 1.54) is 13.2 Å². The first-order valence-corrected chi connectivity index (χ1v) is 11.3.